The number of phenolic OH excluding ortho intramolecular Hbond substituents is 1. The van der Waals surface area contributed by atoms with Gasteiger partial charge in [-0.1, -0.05) is 6.07 Å². The van der Waals surface area contributed by atoms with Gasteiger partial charge in [0.15, 0.2) is 5.67 Å². The quantitative estimate of drug-likeness (QED) is 0.622. The fourth-order valence-corrected chi connectivity index (χ4v) is 5.19. The predicted molar refractivity (Wildman–Crippen MR) is 104 cm³/mol. The molecule has 148 valence electrons. The van der Waals surface area contributed by atoms with Gasteiger partial charge in [-0.3, -0.25) is 5.10 Å². The average Bonchev–Trinajstić information content (AvgIpc) is 3.17. The third-order valence-electron chi connectivity index (χ3n) is 6.75. The zero-order chi connectivity index (χ0) is 19.8. The van der Waals surface area contributed by atoms with Crippen molar-refractivity contribution in [3.8, 4) is 28.1 Å². The molecule has 0 radical (unpaired) electrons. The number of halogens is 1. The van der Waals surface area contributed by atoms with Crippen LogP contribution in [0, 0.1) is 5.92 Å². The molecule has 0 spiro atoms. The van der Waals surface area contributed by atoms with Crippen molar-refractivity contribution in [2.75, 3.05) is 11.9 Å². The second-order valence-corrected chi connectivity index (χ2v) is 8.24. The van der Waals surface area contributed by atoms with E-state index in [1.54, 1.807) is 30.7 Å². The lowest BCUT2D eigenvalue weighted by molar-refractivity contribution is 0.134. The van der Waals surface area contributed by atoms with Crippen LogP contribution in [0.25, 0.3) is 22.4 Å². The van der Waals surface area contributed by atoms with Gasteiger partial charge >= 0.3 is 0 Å². The zero-order valence-corrected chi connectivity index (χ0v) is 15.7. The Morgan fingerprint density at radius 1 is 1.21 bits per heavy atom. The van der Waals surface area contributed by atoms with Crippen molar-refractivity contribution in [2.24, 2.45) is 5.92 Å². The summed E-state index contributed by atoms with van der Waals surface area (Å²) in [7, 11) is 1.83. The molecule has 3 N–H and O–H groups in total. The number of nitrogens with zero attached hydrogens (tertiary/aromatic N) is 5. The van der Waals surface area contributed by atoms with Gasteiger partial charge in [-0.25, -0.2) is 9.37 Å². The summed E-state index contributed by atoms with van der Waals surface area (Å²) in [4.78, 5) is 6.22. The average molecular weight is 393 g/mol. The molecule has 2 aromatic heterocycles. The third kappa shape index (κ3) is 2.33. The standard InChI is InChI=1S/C20H20FN7O/c1-28(17-6-12-5-14-18(25-12)20(14,17)21)19-22-9-15(26-27-19)13-3-2-10(4-16(13)29)11-7-23-24-8-11/h2-4,7-9,12,14,17-18,25,29H,5-6H2,1H3,(H,23,24)/t12?,14?,17-,18?,20+/m0/s1. The first-order chi connectivity index (χ1) is 14.1. The Hall–Kier alpha value is -3.07. The Bertz CT molecular complexity index is 1060. The summed E-state index contributed by atoms with van der Waals surface area (Å²) in [5, 5.41) is 28.9. The van der Waals surface area contributed by atoms with Crippen LogP contribution in [0.1, 0.15) is 12.8 Å². The Morgan fingerprint density at radius 3 is 2.76 bits per heavy atom. The number of anilines is 1. The van der Waals surface area contributed by atoms with Crippen molar-refractivity contribution in [3.63, 3.8) is 0 Å². The van der Waals surface area contributed by atoms with E-state index in [0.717, 1.165) is 24.0 Å². The molecule has 4 heterocycles. The molecule has 2 aliphatic carbocycles. The van der Waals surface area contributed by atoms with Gasteiger partial charge in [0, 0.05) is 42.4 Å². The van der Waals surface area contributed by atoms with Crippen molar-refractivity contribution >= 4 is 5.95 Å². The van der Waals surface area contributed by atoms with E-state index >= 15 is 4.39 Å². The fourth-order valence-electron chi connectivity index (χ4n) is 5.19. The minimum atomic E-state index is -1.19. The Balaban J connectivity index is 1.25. The number of rotatable bonds is 4. The maximum Gasteiger partial charge on any atom is 0.245 e. The number of phenols is 1. The largest absolute Gasteiger partial charge is 0.507 e. The van der Waals surface area contributed by atoms with Gasteiger partial charge in [-0.05, 0) is 30.5 Å². The number of hydrogen-bond donors (Lipinski definition) is 3. The van der Waals surface area contributed by atoms with E-state index in [2.05, 4.69) is 30.7 Å². The van der Waals surface area contributed by atoms with Crippen LogP contribution >= 0.6 is 0 Å². The highest BCUT2D eigenvalue weighted by atomic mass is 19.1. The molecule has 9 heteroatoms. The summed E-state index contributed by atoms with van der Waals surface area (Å²) in [6.07, 6.45) is 6.70. The van der Waals surface area contributed by atoms with Crippen molar-refractivity contribution in [2.45, 2.75) is 36.6 Å². The van der Waals surface area contributed by atoms with E-state index in [0.29, 0.717) is 23.2 Å². The third-order valence-corrected chi connectivity index (χ3v) is 6.75. The monoisotopic (exact) mass is 393 g/mol. The molecule has 4 aliphatic rings. The van der Waals surface area contributed by atoms with E-state index < -0.39 is 5.67 Å². The molecule has 2 saturated carbocycles. The number of benzene rings is 1. The highest BCUT2D eigenvalue weighted by molar-refractivity contribution is 5.73. The maximum atomic E-state index is 15.3. The normalized spacial score (nSPS) is 31.7. The predicted octanol–water partition coefficient (Wildman–Crippen LogP) is 1.91. The number of nitrogens with one attached hydrogen (secondary N) is 2. The number of H-pyrrole nitrogens is 1. The van der Waals surface area contributed by atoms with Crippen LogP contribution in [-0.4, -0.2) is 61.3 Å². The van der Waals surface area contributed by atoms with Gasteiger partial charge in [0.25, 0.3) is 0 Å². The van der Waals surface area contributed by atoms with E-state index in [-0.39, 0.29) is 23.8 Å². The number of piperidine rings is 2. The van der Waals surface area contributed by atoms with Gasteiger partial charge in [-0.2, -0.15) is 5.10 Å². The molecule has 3 unspecified atom stereocenters. The number of fused-ring (bicyclic) bond motifs is 1. The smallest absolute Gasteiger partial charge is 0.245 e. The molecule has 29 heavy (non-hydrogen) atoms. The van der Waals surface area contributed by atoms with E-state index in [1.165, 1.54) is 0 Å². The lowest BCUT2D eigenvalue weighted by Crippen LogP contribution is -2.56. The first kappa shape index (κ1) is 16.8. The van der Waals surface area contributed by atoms with Crippen LogP contribution < -0.4 is 10.2 Å². The van der Waals surface area contributed by atoms with Gasteiger partial charge in [0.2, 0.25) is 5.95 Å². The second kappa shape index (κ2) is 5.73. The van der Waals surface area contributed by atoms with Gasteiger partial charge < -0.3 is 15.3 Å². The van der Waals surface area contributed by atoms with Gasteiger partial charge in [0.05, 0.1) is 18.4 Å². The Morgan fingerprint density at radius 2 is 2.10 bits per heavy atom. The number of aromatic nitrogens is 5. The van der Waals surface area contributed by atoms with Crippen molar-refractivity contribution in [3.05, 3.63) is 36.8 Å². The van der Waals surface area contributed by atoms with Crippen LogP contribution in [0.15, 0.2) is 36.8 Å². The molecule has 0 amide bonds. The molecule has 2 saturated heterocycles. The first-order valence-electron chi connectivity index (χ1n) is 9.75. The fraction of sp³-hybridized carbons (Fsp3) is 0.400. The molecule has 1 aromatic carbocycles. The first-order valence-corrected chi connectivity index (χ1v) is 9.75. The van der Waals surface area contributed by atoms with Gasteiger partial charge in [-0.15, -0.1) is 10.2 Å². The number of alkyl halides is 1. The highest BCUT2D eigenvalue weighted by Crippen LogP contribution is 2.62. The minimum Gasteiger partial charge on any atom is -0.507 e. The molecule has 4 bridgehead atoms. The topological polar surface area (TPSA) is 103 Å². The maximum absolute atomic E-state index is 15.3. The van der Waals surface area contributed by atoms with E-state index in [4.69, 9.17) is 0 Å². The second-order valence-electron chi connectivity index (χ2n) is 8.24. The summed E-state index contributed by atoms with van der Waals surface area (Å²) in [6, 6.07) is 5.44. The lowest BCUT2D eigenvalue weighted by atomic mass is 9.87. The van der Waals surface area contributed by atoms with Crippen molar-refractivity contribution < 1.29 is 9.50 Å². The Labute approximate surface area is 166 Å². The van der Waals surface area contributed by atoms with Crippen LogP contribution in [0.3, 0.4) is 0 Å². The minimum absolute atomic E-state index is 0.0216. The van der Waals surface area contributed by atoms with Crippen LogP contribution in [0.4, 0.5) is 10.3 Å². The van der Waals surface area contributed by atoms with Crippen molar-refractivity contribution in [1.82, 2.24) is 30.7 Å². The molecule has 5 atom stereocenters. The van der Waals surface area contributed by atoms with Crippen LogP contribution in [0.5, 0.6) is 5.75 Å². The molecule has 7 rings (SSSR count). The number of aromatic hydroxyl groups is 1. The molecular formula is C20H20FN7O. The molecular weight excluding hydrogens is 373 g/mol. The van der Waals surface area contributed by atoms with Crippen LogP contribution in [0.2, 0.25) is 0 Å². The number of hydrogen-bond acceptors (Lipinski definition) is 7. The zero-order valence-electron chi connectivity index (χ0n) is 15.7. The molecule has 2 aliphatic heterocycles. The van der Waals surface area contributed by atoms with E-state index in [9.17, 15) is 5.11 Å². The summed E-state index contributed by atoms with van der Waals surface area (Å²) >= 11 is 0. The SMILES string of the molecule is CN(c1ncc(-c2ccc(-c3cn[nH]c3)cc2O)nn1)[C@H]1CC2CC3C(N2)[C@@]31F. The Kier molecular flexibility index (Phi) is 3.33. The van der Waals surface area contributed by atoms with E-state index in [1.807, 2.05) is 18.0 Å². The molecule has 4 fully saturated rings. The van der Waals surface area contributed by atoms with Gasteiger partial charge in [0.1, 0.15) is 11.4 Å². The molecule has 3 aromatic rings. The summed E-state index contributed by atoms with van der Waals surface area (Å²) < 4.78 is 15.3. The molecule has 8 nitrogen and oxygen atoms in total. The lowest BCUT2D eigenvalue weighted by Gasteiger charge is -2.40. The van der Waals surface area contributed by atoms with Crippen molar-refractivity contribution in [1.29, 1.82) is 0 Å². The highest BCUT2D eigenvalue weighted by Gasteiger charge is 2.77. The summed E-state index contributed by atoms with van der Waals surface area (Å²) in [5.74, 6) is 0.603. The number of aromatic amines is 1. The summed E-state index contributed by atoms with van der Waals surface area (Å²) in [6.45, 7) is 0. The summed E-state index contributed by atoms with van der Waals surface area (Å²) in [5.41, 5.74) is 1.54. The van der Waals surface area contributed by atoms with Crippen LogP contribution in [-0.2, 0) is 0 Å².